The van der Waals surface area contributed by atoms with Crippen LogP contribution in [0.2, 0.25) is 0 Å². The van der Waals surface area contributed by atoms with Gasteiger partial charge < -0.3 is 20.1 Å². The topological polar surface area (TPSA) is 105 Å². The third kappa shape index (κ3) is 8.91. The maximum absolute atomic E-state index is 13.0. The molecule has 8 heteroatoms. The number of carboxylic acid groups (broad SMARTS) is 1. The van der Waals surface area contributed by atoms with Crippen molar-refractivity contribution in [2.24, 2.45) is 0 Å². The van der Waals surface area contributed by atoms with Gasteiger partial charge in [0, 0.05) is 54.3 Å². The van der Waals surface area contributed by atoms with Crippen LogP contribution in [0.4, 0.5) is 5.69 Å². The number of carbonyl (C=O) groups excluding carboxylic acids is 1. The Morgan fingerprint density at radius 2 is 1.56 bits per heavy atom. The van der Waals surface area contributed by atoms with E-state index in [-0.39, 0.29) is 6.42 Å². The van der Waals surface area contributed by atoms with Crippen molar-refractivity contribution in [2.45, 2.75) is 64.3 Å². The molecule has 0 spiro atoms. The monoisotopic (exact) mass is 606 g/mol. The number of benzene rings is 3. The molecule has 8 nitrogen and oxygen atoms in total. The van der Waals surface area contributed by atoms with Crippen LogP contribution in [0.15, 0.2) is 85.2 Å². The summed E-state index contributed by atoms with van der Waals surface area (Å²) in [6, 6.07) is 21.8. The molecule has 1 aliphatic rings. The summed E-state index contributed by atoms with van der Waals surface area (Å²) in [6.45, 7) is 4.89. The van der Waals surface area contributed by atoms with E-state index in [2.05, 4.69) is 27.1 Å². The molecule has 5 rings (SSSR count). The molecule has 1 fully saturated rings. The predicted octanol–water partition coefficient (Wildman–Crippen LogP) is 7.19. The summed E-state index contributed by atoms with van der Waals surface area (Å²) in [6.07, 6.45) is 12.1. The lowest BCUT2D eigenvalue weighted by atomic mass is 10.0. The predicted molar refractivity (Wildman–Crippen MR) is 178 cm³/mol. The van der Waals surface area contributed by atoms with Gasteiger partial charge in [0.2, 0.25) is 0 Å². The van der Waals surface area contributed by atoms with E-state index in [1.165, 1.54) is 25.7 Å². The maximum atomic E-state index is 13.0. The first kappa shape index (κ1) is 31.7. The minimum Gasteiger partial charge on any atom is -0.494 e. The molecule has 234 valence electrons. The third-order valence-corrected chi connectivity index (χ3v) is 8.19. The Morgan fingerprint density at radius 3 is 2.24 bits per heavy atom. The fourth-order valence-corrected chi connectivity index (χ4v) is 5.55. The first-order valence-corrected chi connectivity index (χ1v) is 16.0. The summed E-state index contributed by atoms with van der Waals surface area (Å²) >= 11 is 0. The fourth-order valence-electron chi connectivity index (χ4n) is 5.55. The van der Waals surface area contributed by atoms with E-state index in [9.17, 15) is 14.7 Å². The van der Waals surface area contributed by atoms with Gasteiger partial charge in [0.25, 0.3) is 5.91 Å². The molecule has 4 aromatic rings. The van der Waals surface area contributed by atoms with Gasteiger partial charge >= 0.3 is 5.97 Å². The highest BCUT2D eigenvalue weighted by atomic mass is 16.5. The van der Waals surface area contributed by atoms with E-state index in [1.807, 2.05) is 66.7 Å². The average molecular weight is 607 g/mol. The number of aromatic nitrogens is 2. The van der Waals surface area contributed by atoms with Crippen LogP contribution in [0, 0.1) is 0 Å². The lowest BCUT2D eigenvalue weighted by molar-refractivity contribution is -0.139. The van der Waals surface area contributed by atoms with Crippen molar-refractivity contribution in [2.75, 3.05) is 24.6 Å². The van der Waals surface area contributed by atoms with Gasteiger partial charge in [-0.2, -0.15) is 0 Å². The zero-order valence-corrected chi connectivity index (χ0v) is 26.0. The van der Waals surface area contributed by atoms with Gasteiger partial charge in [-0.15, -0.1) is 0 Å². The van der Waals surface area contributed by atoms with Crippen molar-refractivity contribution in [3.8, 4) is 28.3 Å². The molecule has 1 atom stereocenters. The SMILES string of the molecule is CCCCCCCOc1ccc(-c2cnc(-c3ccc(C[C@H](NC(=O)c4cccc(N5CCCC5)c4)C(=O)O)cc3)nc2)cc1. The Morgan fingerprint density at radius 1 is 0.867 bits per heavy atom. The second-order valence-corrected chi connectivity index (χ2v) is 11.6. The number of nitrogens with zero attached hydrogens (tertiary/aromatic N) is 3. The summed E-state index contributed by atoms with van der Waals surface area (Å²) < 4.78 is 5.88. The summed E-state index contributed by atoms with van der Waals surface area (Å²) in [5.41, 5.74) is 4.98. The van der Waals surface area contributed by atoms with Crippen LogP contribution in [-0.2, 0) is 11.2 Å². The Kier molecular flexibility index (Phi) is 11.2. The maximum Gasteiger partial charge on any atom is 0.326 e. The van der Waals surface area contributed by atoms with Crippen molar-refractivity contribution in [3.63, 3.8) is 0 Å². The first-order chi connectivity index (χ1) is 22.0. The van der Waals surface area contributed by atoms with Crippen molar-refractivity contribution in [1.29, 1.82) is 0 Å². The molecule has 3 aromatic carbocycles. The lowest BCUT2D eigenvalue weighted by Gasteiger charge is -2.19. The van der Waals surface area contributed by atoms with Gasteiger partial charge in [-0.05, 0) is 60.7 Å². The number of aliphatic carboxylic acids is 1. The number of hydrogen-bond acceptors (Lipinski definition) is 6. The zero-order valence-electron chi connectivity index (χ0n) is 26.0. The van der Waals surface area contributed by atoms with Crippen LogP contribution in [0.1, 0.15) is 67.8 Å². The number of carbonyl (C=O) groups is 2. The number of rotatable bonds is 15. The van der Waals surface area contributed by atoms with Gasteiger partial charge in [-0.25, -0.2) is 14.8 Å². The molecule has 0 unspecified atom stereocenters. The molecule has 2 N–H and O–H groups in total. The number of carboxylic acids is 1. The molecular formula is C37H42N4O4. The molecule has 1 saturated heterocycles. The van der Waals surface area contributed by atoms with Crippen LogP contribution in [0.25, 0.3) is 22.5 Å². The number of hydrogen-bond donors (Lipinski definition) is 2. The Balaban J connectivity index is 1.15. The van der Waals surface area contributed by atoms with E-state index < -0.39 is 17.9 Å². The highest BCUT2D eigenvalue weighted by Gasteiger charge is 2.22. The van der Waals surface area contributed by atoms with Gasteiger partial charge in [0.15, 0.2) is 5.82 Å². The van der Waals surface area contributed by atoms with E-state index in [0.29, 0.717) is 11.4 Å². The summed E-state index contributed by atoms with van der Waals surface area (Å²) in [5.74, 6) is -0.0322. The summed E-state index contributed by atoms with van der Waals surface area (Å²) in [4.78, 5) is 36.4. The number of amides is 1. The summed E-state index contributed by atoms with van der Waals surface area (Å²) in [5, 5.41) is 12.5. The van der Waals surface area contributed by atoms with E-state index >= 15 is 0 Å². The van der Waals surface area contributed by atoms with Crippen LogP contribution < -0.4 is 15.0 Å². The van der Waals surface area contributed by atoms with E-state index in [0.717, 1.165) is 72.6 Å². The van der Waals surface area contributed by atoms with Crippen LogP contribution in [0.5, 0.6) is 5.75 Å². The normalized spacial score (nSPS) is 13.4. The second kappa shape index (κ2) is 15.8. The molecule has 2 heterocycles. The molecule has 0 bridgehead atoms. The standard InChI is InChI=1S/C37H42N4O4/c1-2-3-4-5-8-22-45-33-18-16-28(17-19-33)31-25-38-35(39-26-31)29-14-12-27(13-15-29)23-34(37(43)44)40-36(42)30-10-9-11-32(24-30)41-20-6-7-21-41/h9-19,24-26,34H,2-8,20-23H2,1H3,(H,40,42)(H,43,44)/t34-/m0/s1. The number of nitrogens with one attached hydrogen (secondary N) is 1. The average Bonchev–Trinajstić information content (AvgIpc) is 3.62. The number of anilines is 1. The number of ether oxygens (including phenoxy) is 1. The Hall–Kier alpha value is -4.72. The van der Waals surface area contributed by atoms with Crippen LogP contribution >= 0.6 is 0 Å². The fraction of sp³-hybridized carbons (Fsp3) is 0.351. The molecular weight excluding hydrogens is 564 g/mol. The van der Waals surface area contributed by atoms with Crippen molar-refractivity contribution in [1.82, 2.24) is 15.3 Å². The molecule has 0 aliphatic carbocycles. The quantitative estimate of drug-likeness (QED) is 0.138. The van der Waals surface area contributed by atoms with Gasteiger partial charge in [-0.3, -0.25) is 4.79 Å². The largest absolute Gasteiger partial charge is 0.494 e. The zero-order chi connectivity index (χ0) is 31.4. The van der Waals surface area contributed by atoms with Crippen molar-refractivity contribution in [3.05, 3.63) is 96.3 Å². The highest BCUT2D eigenvalue weighted by molar-refractivity contribution is 5.97. The molecule has 45 heavy (non-hydrogen) atoms. The molecule has 1 aliphatic heterocycles. The van der Waals surface area contributed by atoms with E-state index in [4.69, 9.17) is 4.74 Å². The molecule has 0 radical (unpaired) electrons. The summed E-state index contributed by atoms with van der Waals surface area (Å²) in [7, 11) is 0. The minimum atomic E-state index is -1.08. The van der Waals surface area contributed by atoms with Crippen molar-refractivity contribution >= 4 is 17.6 Å². The van der Waals surface area contributed by atoms with Crippen molar-refractivity contribution < 1.29 is 19.4 Å². The molecule has 1 amide bonds. The Bertz CT molecular complexity index is 1530. The highest BCUT2D eigenvalue weighted by Crippen LogP contribution is 2.24. The molecule has 1 aromatic heterocycles. The second-order valence-electron chi connectivity index (χ2n) is 11.6. The van der Waals surface area contributed by atoms with Gasteiger partial charge in [0.1, 0.15) is 11.8 Å². The van der Waals surface area contributed by atoms with Crippen LogP contribution in [-0.4, -0.2) is 52.7 Å². The lowest BCUT2D eigenvalue weighted by Crippen LogP contribution is -2.42. The van der Waals surface area contributed by atoms with Crippen LogP contribution in [0.3, 0.4) is 0 Å². The smallest absolute Gasteiger partial charge is 0.326 e. The third-order valence-electron chi connectivity index (χ3n) is 8.19. The molecule has 0 saturated carbocycles. The first-order valence-electron chi connectivity index (χ1n) is 16.0. The number of unbranched alkanes of at least 4 members (excludes halogenated alkanes) is 4. The van der Waals surface area contributed by atoms with Gasteiger partial charge in [0.05, 0.1) is 6.61 Å². The van der Waals surface area contributed by atoms with E-state index in [1.54, 1.807) is 18.5 Å². The Labute approximate surface area is 265 Å². The minimum absolute atomic E-state index is 0.158. The van der Waals surface area contributed by atoms with Gasteiger partial charge in [-0.1, -0.05) is 75.1 Å².